The minimum Gasteiger partial charge on any atom is -0.353 e. The zero-order chi connectivity index (χ0) is 18.6. The molecule has 0 saturated heterocycles. The molecule has 1 saturated carbocycles. The van der Waals surface area contributed by atoms with E-state index in [1.807, 2.05) is 30.3 Å². The van der Waals surface area contributed by atoms with Gasteiger partial charge in [0.05, 0.1) is 17.6 Å². The molecular weight excluding hydrogens is 362 g/mol. The highest BCUT2D eigenvalue weighted by Crippen LogP contribution is 2.19. The molecule has 0 bridgehead atoms. The molecule has 8 heteroatoms. The van der Waals surface area contributed by atoms with Crippen LogP contribution in [0, 0.1) is 0 Å². The van der Waals surface area contributed by atoms with Gasteiger partial charge in [0.1, 0.15) is 5.39 Å². The highest BCUT2D eigenvalue weighted by molar-refractivity contribution is 7.99. The molecule has 0 aliphatic heterocycles. The number of hydrogen-bond acceptors (Lipinski definition) is 5. The maximum Gasteiger partial charge on any atom is 0.262 e. The molecule has 2 heterocycles. The zero-order valence-corrected chi connectivity index (χ0v) is 15.7. The Balaban J connectivity index is 1.50. The maximum absolute atomic E-state index is 12.3. The predicted molar refractivity (Wildman–Crippen MR) is 105 cm³/mol. The number of hydrogen-bond donors (Lipinski definition) is 2. The van der Waals surface area contributed by atoms with Crippen molar-refractivity contribution in [3.8, 4) is 5.69 Å². The molecule has 1 aromatic carbocycles. The molecule has 1 aliphatic carbocycles. The molecule has 3 aromatic rings. The van der Waals surface area contributed by atoms with Crippen LogP contribution in [0.15, 0.2) is 46.5 Å². The summed E-state index contributed by atoms with van der Waals surface area (Å²) in [6.45, 7) is 0. The molecule has 2 N–H and O–H groups in total. The summed E-state index contributed by atoms with van der Waals surface area (Å²) in [4.78, 5) is 31.8. The van der Waals surface area contributed by atoms with Crippen molar-refractivity contribution in [2.45, 2.75) is 43.3 Å². The Morgan fingerprint density at radius 3 is 2.78 bits per heavy atom. The van der Waals surface area contributed by atoms with Gasteiger partial charge in [-0.1, -0.05) is 49.2 Å². The summed E-state index contributed by atoms with van der Waals surface area (Å²) in [5.41, 5.74) is 1.06. The molecule has 0 spiro atoms. The van der Waals surface area contributed by atoms with Crippen molar-refractivity contribution >= 4 is 28.7 Å². The molecule has 1 aliphatic rings. The van der Waals surface area contributed by atoms with Gasteiger partial charge in [-0.05, 0) is 25.0 Å². The number of H-pyrrole nitrogens is 1. The van der Waals surface area contributed by atoms with Crippen molar-refractivity contribution in [2.24, 2.45) is 0 Å². The number of aromatic nitrogens is 4. The van der Waals surface area contributed by atoms with Crippen molar-refractivity contribution in [1.82, 2.24) is 25.1 Å². The van der Waals surface area contributed by atoms with Gasteiger partial charge in [-0.2, -0.15) is 5.10 Å². The number of amides is 1. The molecule has 0 radical (unpaired) electrons. The third kappa shape index (κ3) is 4.05. The molecule has 27 heavy (non-hydrogen) atoms. The number of carbonyl (C=O) groups excluding carboxylic acids is 1. The lowest BCUT2D eigenvalue weighted by Gasteiger charge is -2.22. The summed E-state index contributed by atoms with van der Waals surface area (Å²) in [5, 5.41) is 8.21. The largest absolute Gasteiger partial charge is 0.353 e. The minimum atomic E-state index is -0.252. The van der Waals surface area contributed by atoms with Crippen LogP contribution in [0.4, 0.5) is 0 Å². The number of fused-ring (bicyclic) bond motifs is 1. The first-order valence-electron chi connectivity index (χ1n) is 9.16. The van der Waals surface area contributed by atoms with Gasteiger partial charge in [0.2, 0.25) is 5.91 Å². The van der Waals surface area contributed by atoms with Gasteiger partial charge in [-0.15, -0.1) is 0 Å². The quantitative estimate of drug-likeness (QED) is 0.522. The highest BCUT2D eigenvalue weighted by Gasteiger charge is 2.17. The summed E-state index contributed by atoms with van der Waals surface area (Å²) in [6, 6.07) is 9.81. The van der Waals surface area contributed by atoms with Crippen LogP contribution in [-0.4, -0.2) is 37.5 Å². The summed E-state index contributed by atoms with van der Waals surface area (Å²) >= 11 is 1.23. The van der Waals surface area contributed by atoms with Gasteiger partial charge in [0.15, 0.2) is 10.8 Å². The van der Waals surface area contributed by atoms with Crippen LogP contribution in [0.1, 0.15) is 32.1 Å². The minimum absolute atomic E-state index is 0.0220. The second kappa shape index (κ2) is 7.96. The van der Waals surface area contributed by atoms with E-state index in [2.05, 4.69) is 20.4 Å². The van der Waals surface area contributed by atoms with Gasteiger partial charge in [0, 0.05) is 6.04 Å². The van der Waals surface area contributed by atoms with Crippen LogP contribution in [0.2, 0.25) is 0 Å². The summed E-state index contributed by atoms with van der Waals surface area (Å²) < 4.78 is 1.64. The Morgan fingerprint density at radius 2 is 2.00 bits per heavy atom. The van der Waals surface area contributed by atoms with Crippen LogP contribution in [0.5, 0.6) is 0 Å². The van der Waals surface area contributed by atoms with Gasteiger partial charge >= 0.3 is 0 Å². The monoisotopic (exact) mass is 383 g/mol. The number of nitrogens with zero attached hydrogens (tertiary/aromatic N) is 3. The predicted octanol–water partition coefficient (Wildman–Crippen LogP) is 2.65. The topological polar surface area (TPSA) is 92.7 Å². The molecular formula is C19H21N5O2S. The highest BCUT2D eigenvalue weighted by atomic mass is 32.2. The van der Waals surface area contributed by atoms with Gasteiger partial charge in [0.25, 0.3) is 5.56 Å². The average molecular weight is 383 g/mol. The smallest absolute Gasteiger partial charge is 0.262 e. The van der Waals surface area contributed by atoms with E-state index in [1.54, 1.807) is 4.68 Å². The number of carbonyl (C=O) groups is 1. The van der Waals surface area contributed by atoms with E-state index in [4.69, 9.17) is 0 Å². The zero-order valence-electron chi connectivity index (χ0n) is 14.9. The fourth-order valence-corrected chi connectivity index (χ4v) is 4.04. The summed E-state index contributed by atoms with van der Waals surface area (Å²) in [7, 11) is 0. The molecule has 0 unspecified atom stereocenters. The third-order valence-electron chi connectivity index (χ3n) is 4.73. The van der Waals surface area contributed by atoms with E-state index in [0.717, 1.165) is 18.5 Å². The molecule has 140 valence electrons. The first-order chi connectivity index (χ1) is 13.2. The number of rotatable bonds is 5. The lowest BCUT2D eigenvalue weighted by Crippen LogP contribution is -2.37. The number of nitrogens with one attached hydrogen (secondary N) is 2. The molecule has 2 aromatic heterocycles. The Morgan fingerprint density at radius 1 is 1.22 bits per heavy atom. The summed E-state index contributed by atoms with van der Waals surface area (Å²) in [5.74, 6) is 0.205. The molecule has 4 rings (SSSR count). The van der Waals surface area contributed by atoms with Crippen molar-refractivity contribution in [3.63, 3.8) is 0 Å². The SMILES string of the molecule is O=C(CSc1nc2c(cnn2-c2ccccc2)c(=O)[nH]1)NC1CCCCC1. The Labute approximate surface area is 160 Å². The third-order valence-corrected chi connectivity index (χ3v) is 5.60. The van der Waals surface area contributed by atoms with Gasteiger partial charge in [-0.3, -0.25) is 9.59 Å². The van der Waals surface area contributed by atoms with E-state index < -0.39 is 0 Å². The normalized spacial score (nSPS) is 15.1. The van der Waals surface area contributed by atoms with Crippen LogP contribution >= 0.6 is 11.8 Å². The maximum atomic E-state index is 12.3. The van der Waals surface area contributed by atoms with Crippen molar-refractivity contribution in [1.29, 1.82) is 0 Å². The Hall–Kier alpha value is -2.61. The van der Waals surface area contributed by atoms with Crippen molar-refractivity contribution in [3.05, 3.63) is 46.9 Å². The molecule has 7 nitrogen and oxygen atoms in total. The van der Waals surface area contributed by atoms with Crippen molar-refractivity contribution in [2.75, 3.05) is 5.75 Å². The fraction of sp³-hybridized carbons (Fsp3) is 0.368. The van der Waals surface area contributed by atoms with Crippen LogP contribution in [0.25, 0.3) is 16.7 Å². The number of para-hydroxylation sites is 1. The molecule has 1 amide bonds. The second-order valence-corrected chi connectivity index (χ2v) is 7.66. The van der Waals surface area contributed by atoms with E-state index in [-0.39, 0.29) is 23.3 Å². The number of benzene rings is 1. The second-order valence-electron chi connectivity index (χ2n) is 6.69. The fourth-order valence-electron chi connectivity index (χ4n) is 3.38. The van der Waals surface area contributed by atoms with E-state index in [0.29, 0.717) is 16.2 Å². The Bertz CT molecular complexity index is 992. The van der Waals surface area contributed by atoms with E-state index in [9.17, 15) is 9.59 Å². The Kier molecular flexibility index (Phi) is 5.24. The summed E-state index contributed by atoms with van der Waals surface area (Å²) in [6.07, 6.45) is 7.21. The number of thioether (sulfide) groups is 1. The first kappa shape index (κ1) is 17.8. The van der Waals surface area contributed by atoms with Gasteiger partial charge < -0.3 is 10.3 Å². The lowest BCUT2D eigenvalue weighted by molar-refractivity contribution is -0.119. The van der Waals surface area contributed by atoms with Crippen LogP contribution < -0.4 is 10.9 Å². The van der Waals surface area contributed by atoms with E-state index >= 15 is 0 Å². The number of aromatic amines is 1. The first-order valence-corrected chi connectivity index (χ1v) is 10.1. The molecule has 1 fully saturated rings. The standard InChI is InChI=1S/C19H21N5O2S/c25-16(21-13-7-3-1-4-8-13)12-27-19-22-17-15(18(26)23-19)11-20-24(17)14-9-5-2-6-10-14/h2,5-6,9-11,13H,1,3-4,7-8,12H2,(H,21,25)(H,22,23,26). The van der Waals surface area contributed by atoms with Crippen molar-refractivity contribution < 1.29 is 4.79 Å². The van der Waals surface area contributed by atoms with Crippen LogP contribution in [-0.2, 0) is 4.79 Å². The van der Waals surface area contributed by atoms with Gasteiger partial charge in [-0.25, -0.2) is 9.67 Å². The molecule has 0 atom stereocenters. The van der Waals surface area contributed by atoms with Crippen LogP contribution in [0.3, 0.4) is 0 Å². The van der Waals surface area contributed by atoms with E-state index in [1.165, 1.54) is 37.2 Å². The average Bonchev–Trinajstić information content (AvgIpc) is 3.12. The lowest BCUT2D eigenvalue weighted by atomic mass is 9.95.